The van der Waals surface area contributed by atoms with Crippen molar-refractivity contribution in [1.82, 2.24) is 29.4 Å². The molecule has 0 saturated carbocycles. The summed E-state index contributed by atoms with van der Waals surface area (Å²) in [5.41, 5.74) is 3.44. The van der Waals surface area contributed by atoms with E-state index in [1.54, 1.807) is 37.6 Å². The van der Waals surface area contributed by atoms with Gasteiger partial charge in [0.2, 0.25) is 0 Å². The molecule has 0 unspecified atom stereocenters. The van der Waals surface area contributed by atoms with Crippen LogP contribution in [0.25, 0.3) is 5.65 Å². The maximum atomic E-state index is 12.4. The highest BCUT2D eigenvalue weighted by Crippen LogP contribution is 2.33. The molecular weight excluding hydrogens is 328 g/mol. The molecule has 26 heavy (non-hydrogen) atoms. The van der Waals surface area contributed by atoms with Crippen LogP contribution in [0, 0.1) is 0 Å². The van der Waals surface area contributed by atoms with Gasteiger partial charge < -0.3 is 4.90 Å². The minimum Gasteiger partial charge on any atom is -0.345 e. The lowest BCUT2D eigenvalue weighted by atomic mass is 10.1. The second kappa shape index (κ2) is 6.84. The molecular formula is C19H22N6O. The average molecular weight is 350 g/mol. The molecule has 0 spiro atoms. The molecule has 1 aliphatic heterocycles. The summed E-state index contributed by atoms with van der Waals surface area (Å²) >= 11 is 0. The lowest BCUT2D eigenvalue weighted by molar-refractivity contribution is 0.0829. The normalized spacial score (nSPS) is 17.7. The van der Waals surface area contributed by atoms with Crippen LogP contribution in [0.2, 0.25) is 0 Å². The quantitative estimate of drug-likeness (QED) is 0.721. The van der Waals surface area contributed by atoms with Gasteiger partial charge in [0.15, 0.2) is 5.65 Å². The van der Waals surface area contributed by atoms with Crippen LogP contribution >= 0.6 is 0 Å². The summed E-state index contributed by atoms with van der Waals surface area (Å²) in [6, 6.07) is 6.34. The van der Waals surface area contributed by atoms with Gasteiger partial charge in [0.05, 0.1) is 17.9 Å². The third-order valence-electron chi connectivity index (χ3n) is 4.88. The zero-order valence-electron chi connectivity index (χ0n) is 15.0. The highest BCUT2D eigenvalue weighted by atomic mass is 16.2. The maximum absolute atomic E-state index is 12.4. The number of hydrogen-bond acceptors (Lipinski definition) is 5. The van der Waals surface area contributed by atoms with Gasteiger partial charge in [-0.25, -0.2) is 9.50 Å². The van der Waals surface area contributed by atoms with E-state index in [0.29, 0.717) is 11.2 Å². The van der Waals surface area contributed by atoms with Gasteiger partial charge in [-0.05, 0) is 37.1 Å². The number of pyridine rings is 1. The smallest absolute Gasteiger partial charge is 0.258 e. The van der Waals surface area contributed by atoms with Gasteiger partial charge in [-0.2, -0.15) is 5.10 Å². The van der Waals surface area contributed by atoms with Crippen molar-refractivity contribution in [2.75, 3.05) is 20.6 Å². The molecule has 1 saturated heterocycles. The number of hydrogen-bond donors (Lipinski definition) is 0. The fourth-order valence-electron chi connectivity index (χ4n) is 3.63. The molecule has 134 valence electrons. The Bertz CT molecular complexity index is 920. The number of rotatable bonds is 4. The Morgan fingerprint density at radius 3 is 2.92 bits per heavy atom. The number of carbonyl (C=O) groups is 1. The Labute approximate surface area is 152 Å². The second-order valence-electron chi connectivity index (χ2n) is 6.85. The molecule has 4 rings (SSSR count). The Morgan fingerprint density at radius 2 is 2.15 bits per heavy atom. The first-order valence-corrected chi connectivity index (χ1v) is 8.82. The summed E-state index contributed by atoms with van der Waals surface area (Å²) in [6.45, 7) is 1.89. The lowest BCUT2D eigenvalue weighted by Crippen LogP contribution is -2.25. The molecule has 0 aromatic carbocycles. The van der Waals surface area contributed by atoms with E-state index in [-0.39, 0.29) is 11.9 Å². The maximum Gasteiger partial charge on any atom is 0.258 e. The fourth-order valence-corrected chi connectivity index (χ4v) is 3.63. The van der Waals surface area contributed by atoms with Crippen molar-refractivity contribution in [3.8, 4) is 0 Å². The first kappa shape index (κ1) is 16.7. The van der Waals surface area contributed by atoms with Crippen molar-refractivity contribution in [3.63, 3.8) is 0 Å². The van der Waals surface area contributed by atoms with E-state index >= 15 is 0 Å². The molecule has 1 amide bonds. The largest absolute Gasteiger partial charge is 0.345 e. The van der Waals surface area contributed by atoms with Gasteiger partial charge in [-0.3, -0.25) is 14.7 Å². The third-order valence-corrected chi connectivity index (χ3v) is 4.88. The highest BCUT2D eigenvalue weighted by molar-refractivity contribution is 5.99. The molecule has 4 heterocycles. The Hall–Kier alpha value is -2.80. The zero-order valence-corrected chi connectivity index (χ0v) is 15.0. The van der Waals surface area contributed by atoms with Crippen LogP contribution in [0.3, 0.4) is 0 Å². The molecule has 7 nitrogen and oxygen atoms in total. The van der Waals surface area contributed by atoms with Crippen LogP contribution in [-0.2, 0) is 6.54 Å². The summed E-state index contributed by atoms with van der Waals surface area (Å²) < 4.78 is 1.82. The van der Waals surface area contributed by atoms with Gasteiger partial charge in [0, 0.05) is 39.2 Å². The van der Waals surface area contributed by atoms with Crippen molar-refractivity contribution in [2.45, 2.75) is 25.4 Å². The van der Waals surface area contributed by atoms with Crippen molar-refractivity contribution < 1.29 is 4.79 Å². The molecule has 1 atom stereocenters. The van der Waals surface area contributed by atoms with E-state index in [9.17, 15) is 4.79 Å². The third kappa shape index (κ3) is 2.94. The minimum atomic E-state index is -0.0803. The summed E-state index contributed by atoms with van der Waals surface area (Å²) in [5, 5.41) is 4.48. The van der Waals surface area contributed by atoms with Crippen LogP contribution in [0.4, 0.5) is 0 Å². The van der Waals surface area contributed by atoms with Crippen molar-refractivity contribution in [1.29, 1.82) is 0 Å². The van der Waals surface area contributed by atoms with E-state index < -0.39 is 0 Å². The Balaban J connectivity index is 1.68. The summed E-state index contributed by atoms with van der Waals surface area (Å²) in [5.74, 6) is -0.0803. The highest BCUT2D eigenvalue weighted by Gasteiger charge is 2.29. The lowest BCUT2D eigenvalue weighted by Gasteiger charge is -2.25. The molecule has 0 radical (unpaired) electrons. The van der Waals surface area contributed by atoms with Crippen LogP contribution in [0.5, 0.6) is 0 Å². The zero-order chi connectivity index (χ0) is 18.1. The topological polar surface area (TPSA) is 66.6 Å². The minimum absolute atomic E-state index is 0.0803. The van der Waals surface area contributed by atoms with E-state index in [4.69, 9.17) is 0 Å². The van der Waals surface area contributed by atoms with Crippen molar-refractivity contribution in [2.24, 2.45) is 0 Å². The molecule has 0 aliphatic carbocycles. The van der Waals surface area contributed by atoms with E-state index in [1.165, 1.54) is 5.56 Å². The van der Waals surface area contributed by atoms with Crippen LogP contribution in [0.1, 0.15) is 40.5 Å². The average Bonchev–Trinajstić information content (AvgIpc) is 3.28. The summed E-state index contributed by atoms with van der Waals surface area (Å²) in [4.78, 5) is 25.0. The summed E-state index contributed by atoms with van der Waals surface area (Å²) in [6.07, 6.45) is 9.31. The monoisotopic (exact) mass is 350 g/mol. The van der Waals surface area contributed by atoms with Crippen LogP contribution < -0.4 is 0 Å². The van der Waals surface area contributed by atoms with Crippen molar-refractivity contribution >= 4 is 11.6 Å². The molecule has 0 N–H and O–H groups in total. The van der Waals surface area contributed by atoms with Gasteiger partial charge in [0.1, 0.15) is 5.56 Å². The first-order chi connectivity index (χ1) is 12.6. The first-order valence-electron chi connectivity index (χ1n) is 8.82. The molecule has 1 fully saturated rings. The van der Waals surface area contributed by atoms with Crippen LogP contribution in [-0.4, -0.2) is 55.9 Å². The molecule has 3 aromatic rings. The van der Waals surface area contributed by atoms with Crippen molar-refractivity contribution in [3.05, 3.63) is 59.8 Å². The van der Waals surface area contributed by atoms with Gasteiger partial charge in [-0.15, -0.1) is 0 Å². The van der Waals surface area contributed by atoms with E-state index in [2.05, 4.69) is 26.0 Å². The fraction of sp³-hybridized carbons (Fsp3) is 0.368. The predicted molar refractivity (Wildman–Crippen MR) is 97.6 cm³/mol. The van der Waals surface area contributed by atoms with Gasteiger partial charge in [-0.1, -0.05) is 6.07 Å². The Kier molecular flexibility index (Phi) is 4.38. The second-order valence-corrected chi connectivity index (χ2v) is 6.85. The number of fused-ring (bicyclic) bond motifs is 1. The standard InChI is InChI=1S/C19H22N6O/c1-23(2)19(26)15-12-22-25-17(7-9-21-18(15)25)16-6-4-10-24(16)13-14-5-3-8-20-11-14/h3,5,7-9,11-12,16H,4,6,10,13H2,1-2H3/t16-/m1/s1. The summed E-state index contributed by atoms with van der Waals surface area (Å²) in [7, 11) is 3.48. The van der Waals surface area contributed by atoms with E-state index in [0.717, 1.165) is 31.6 Å². The molecule has 3 aromatic heterocycles. The number of nitrogens with zero attached hydrogens (tertiary/aromatic N) is 6. The number of carbonyl (C=O) groups excluding carboxylic acids is 1. The molecule has 0 bridgehead atoms. The van der Waals surface area contributed by atoms with E-state index in [1.807, 2.05) is 22.8 Å². The molecule has 7 heteroatoms. The van der Waals surface area contributed by atoms with Gasteiger partial charge >= 0.3 is 0 Å². The predicted octanol–water partition coefficient (Wildman–Crippen LogP) is 2.16. The Morgan fingerprint density at radius 1 is 1.27 bits per heavy atom. The number of amides is 1. The van der Waals surface area contributed by atoms with Gasteiger partial charge in [0.25, 0.3) is 5.91 Å². The molecule has 1 aliphatic rings. The number of likely N-dealkylation sites (tertiary alicyclic amines) is 1. The SMILES string of the molecule is CN(C)C(=O)c1cnn2c([C@H]3CCCN3Cc3cccnc3)ccnc12. The number of aromatic nitrogens is 4. The van der Waals surface area contributed by atoms with Crippen LogP contribution in [0.15, 0.2) is 43.0 Å².